The van der Waals surface area contributed by atoms with Crippen LogP contribution in [0.25, 0.3) is 0 Å². The first-order chi connectivity index (χ1) is 8.63. The molecule has 1 aliphatic carbocycles. The highest BCUT2D eigenvalue weighted by Crippen LogP contribution is 2.37. The molecule has 0 amide bonds. The van der Waals surface area contributed by atoms with E-state index >= 15 is 0 Å². The van der Waals surface area contributed by atoms with E-state index in [-0.39, 0.29) is 0 Å². The van der Waals surface area contributed by atoms with Gasteiger partial charge in [0.15, 0.2) is 9.84 Å². The highest BCUT2D eigenvalue weighted by molar-refractivity contribution is 7.92. The van der Waals surface area contributed by atoms with E-state index in [9.17, 15) is 8.42 Å². The first-order valence-electron chi connectivity index (χ1n) is 7.56. The van der Waals surface area contributed by atoms with Gasteiger partial charge in [0.1, 0.15) is 0 Å². The van der Waals surface area contributed by atoms with Crippen LogP contribution in [0.4, 0.5) is 0 Å². The lowest BCUT2D eigenvalue weighted by Gasteiger charge is -2.37. The van der Waals surface area contributed by atoms with Crippen LogP contribution >= 0.6 is 0 Å². The van der Waals surface area contributed by atoms with Crippen molar-refractivity contribution in [3.63, 3.8) is 0 Å². The first-order valence-corrected chi connectivity index (χ1v) is 9.21. The minimum absolute atomic E-state index is 0.349. The van der Waals surface area contributed by atoms with Gasteiger partial charge in [0.2, 0.25) is 0 Å². The summed E-state index contributed by atoms with van der Waals surface area (Å²) in [6, 6.07) is 0. The van der Waals surface area contributed by atoms with E-state index in [4.69, 9.17) is 0 Å². The van der Waals surface area contributed by atoms with Crippen molar-refractivity contribution in [2.24, 2.45) is 17.8 Å². The van der Waals surface area contributed by atoms with Crippen molar-refractivity contribution in [3.8, 4) is 0 Å². The molecule has 114 valence electrons. The minimum atomic E-state index is -2.95. The zero-order valence-electron chi connectivity index (χ0n) is 13.2. The molecule has 0 saturated heterocycles. The summed E-state index contributed by atoms with van der Waals surface area (Å²) < 4.78 is 23.6. The fraction of sp³-hybridized carbons (Fsp3) is 1.00. The van der Waals surface area contributed by atoms with Gasteiger partial charge < -0.3 is 5.32 Å². The van der Waals surface area contributed by atoms with Gasteiger partial charge in [-0.25, -0.2) is 8.42 Å². The summed E-state index contributed by atoms with van der Waals surface area (Å²) in [7, 11) is -2.95. The monoisotopic (exact) mass is 289 g/mol. The molecular formula is C15H31NO2S. The van der Waals surface area contributed by atoms with Gasteiger partial charge in [-0.3, -0.25) is 0 Å². The van der Waals surface area contributed by atoms with Crippen molar-refractivity contribution in [2.45, 2.75) is 58.6 Å². The van der Waals surface area contributed by atoms with Crippen LogP contribution in [0.2, 0.25) is 0 Å². The standard InChI is InChI=1S/C15H31NO2S/c1-12(2)10-16-11-14-7-6-13(14)8-9-19(17,18)15(3,4)5/h12-14,16H,6-11H2,1-5H3. The maximum atomic E-state index is 12.1. The van der Waals surface area contributed by atoms with Crippen molar-refractivity contribution >= 4 is 9.84 Å². The predicted octanol–water partition coefficient (Wildman–Crippen LogP) is 2.86. The fourth-order valence-corrected chi connectivity index (χ4v) is 3.68. The van der Waals surface area contributed by atoms with Crippen molar-refractivity contribution in [1.29, 1.82) is 0 Å². The third kappa shape index (κ3) is 5.07. The maximum Gasteiger partial charge on any atom is 0.155 e. The molecule has 0 bridgehead atoms. The average Bonchev–Trinajstić information content (AvgIpc) is 2.20. The quantitative estimate of drug-likeness (QED) is 0.784. The van der Waals surface area contributed by atoms with Crippen molar-refractivity contribution in [2.75, 3.05) is 18.8 Å². The summed E-state index contributed by atoms with van der Waals surface area (Å²) in [6.07, 6.45) is 3.30. The third-order valence-corrected chi connectivity index (χ3v) is 6.86. The summed E-state index contributed by atoms with van der Waals surface area (Å²) in [5.41, 5.74) is 0. The van der Waals surface area contributed by atoms with E-state index in [0.717, 1.165) is 19.5 Å². The topological polar surface area (TPSA) is 46.2 Å². The van der Waals surface area contributed by atoms with E-state index in [0.29, 0.717) is 23.5 Å². The summed E-state index contributed by atoms with van der Waals surface area (Å²) in [5.74, 6) is 2.33. The van der Waals surface area contributed by atoms with Crippen LogP contribution in [0.5, 0.6) is 0 Å². The molecule has 0 aromatic rings. The van der Waals surface area contributed by atoms with Crippen LogP contribution in [0.1, 0.15) is 53.9 Å². The summed E-state index contributed by atoms with van der Waals surface area (Å²) in [4.78, 5) is 0. The Morgan fingerprint density at radius 3 is 2.16 bits per heavy atom. The number of nitrogens with one attached hydrogen (secondary N) is 1. The molecule has 1 N–H and O–H groups in total. The Kier molecular flexibility index (Phi) is 5.87. The second kappa shape index (κ2) is 6.57. The van der Waals surface area contributed by atoms with Crippen molar-refractivity contribution in [1.82, 2.24) is 5.32 Å². The lowest BCUT2D eigenvalue weighted by molar-refractivity contribution is 0.165. The molecule has 1 rings (SSSR count). The number of rotatable bonds is 7. The van der Waals surface area contributed by atoms with Gasteiger partial charge >= 0.3 is 0 Å². The number of sulfone groups is 1. The Bertz CT molecular complexity index is 368. The molecule has 1 saturated carbocycles. The van der Waals surface area contributed by atoms with Crippen LogP contribution in [-0.4, -0.2) is 32.0 Å². The van der Waals surface area contributed by atoms with E-state index in [1.807, 2.05) is 0 Å². The molecule has 0 aromatic carbocycles. The van der Waals surface area contributed by atoms with Gasteiger partial charge in [-0.2, -0.15) is 0 Å². The van der Waals surface area contributed by atoms with Gasteiger partial charge in [-0.1, -0.05) is 13.8 Å². The van der Waals surface area contributed by atoms with E-state index in [1.165, 1.54) is 12.8 Å². The van der Waals surface area contributed by atoms with Crippen molar-refractivity contribution < 1.29 is 8.42 Å². The molecule has 0 spiro atoms. The van der Waals surface area contributed by atoms with Crippen LogP contribution < -0.4 is 5.32 Å². The molecule has 0 radical (unpaired) electrons. The molecule has 0 heterocycles. The molecule has 1 aliphatic rings. The second-order valence-corrected chi connectivity index (χ2v) is 10.2. The van der Waals surface area contributed by atoms with Crippen molar-refractivity contribution in [3.05, 3.63) is 0 Å². The summed E-state index contributed by atoms with van der Waals surface area (Å²) >= 11 is 0. The van der Waals surface area contributed by atoms with Gasteiger partial charge in [0.05, 0.1) is 10.5 Å². The third-order valence-electron chi connectivity index (χ3n) is 4.22. The highest BCUT2D eigenvalue weighted by Gasteiger charge is 2.34. The van der Waals surface area contributed by atoms with Gasteiger partial charge in [-0.15, -0.1) is 0 Å². The first kappa shape index (κ1) is 17.0. The lowest BCUT2D eigenvalue weighted by atomic mass is 9.72. The molecule has 3 nitrogen and oxygen atoms in total. The average molecular weight is 289 g/mol. The second-order valence-electron chi connectivity index (χ2n) is 7.37. The summed E-state index contributed by atoms with van der Waals surface area (Å²) in [5, 5.41) is 3.49. The van der Waals surface area contributed by atoms with Gasteiger partial charge in [-0.05, 0) is 70.9 Å². The molecule has 0 aromatic heterocycles. The van der Waals surface area contributed by atoms with E-state index < -0.39 is 14.6 Å². The van der Waals surface area contributed by atoms with Gasteiger partial charge in [0, 0.05) is 0 Å². The molecule has 0 aliphatic heterocycles. The molecule has 2 unspecified atom stereocenters. The molecule has 2 atom stereocenters. The number of hydrogen-bond donors (Lipinski definition) is 1. The Balaban J connectivity index is 2.31. The highest BCUT2D eigenvalue weighted by atomic mass is 32.2. The Morgan fingerprint density at radius 2 is 1.74 bits per heavy atom. The zero-order chi connectivity index (χ0) is 14.7. The minimum Gasteiger partial charge on any atom is -0.316 e. The van der Waals surface area contributed by atoms with Crippen LogP contribution in [0.3, 0.4) is 0 Å². The Morgan fingerprint density at radius 1 is 1.16 bits per heavy atom. The largest absolute Gasteiger partial charge is 0.316 e. The Labute approximate surface area is 119 Å². The fourth-order valence-electron chi connectivity index (χ4n) is 2.46. The maximum absolute atomic E-state index is 12.1. The molecular weight excluding hydrogens is 258 g/mol. The van der Waals surface area contributed by atoms with Crippen LogP contribution in [0.15, 0.2) is 0 Å². The predicted molar refractivity (Wildman–Crippen MR) is 82.1 cm³/mol. The zero-order valence-corrected chi connectivity index (χ0v) is 14.0. The van der Waals surface area contributed by atoms with Crippen LogP contribution in [0, 0.1) is 17.8 Å². The SMILES string of the molecule is CC(C)CNCC1CCC1CCS(=O)(=O)C(C)(C)C. The van der Waals surface area contributed by atoms with E-state index in [2.05, 4.69) is 19.2 Å². The van der Waals surface area contributed by atoms with Crippen LogP contribution in [-0.2, 0) is 9.84 Å². The molecule has 1 fully saturated rings. The summed E-state index contributed by atoms with van der Waals surface area (Å²) in [6.45, 7) is 11.9. The normalized spacial score (nSPS) is 24.5. The molecule has 19 heavy (non-hydrogen) atoms. The Hall–Kier alpha value is -0.0900. The molecule has 4 heteroatoms. The van der Waals surface area contributed by atoms with E-state index in [1.54, 1.807) is 20.8 Å². The lowest BCUT2D eigenvalue weighted by Crippen LogP contribution is -2.38. The van der Waals surface area contributed by atoms with Gasteiger partial charge in [0.25, 0.3) is 0 Å². The number of hydrogen-bond acceptors (Lipinski definition) is 3. The smallest absolute Gasteiger partial charge is 0.155 e.